The summed E-state index contributed by atoms with van der Waals surface area (Å²) >= 11 is 2.31. The molecule has 1 aromatic heterocycles. The lowest BCUT2D eigenvalue weighted by Crippen LogP contribution is -1.89. The Balaban J connectivity index is 2.90. The summed E-state index contributed by atoms with van der Waals surface area (Å²) in [6.45, 7) is 2.04. The van der Waals surface area contributed by atoms with Gasteiger partial charge in [-0.25, -0.2) is 0 Å². The number of aromatic nitrogens is 2. The Kier molecular flexibility index (Phi) is 1.83. The smallest absolute Gasteiger partial charge is 0.0692 e. The fourth-order valence-electron chi connectivity index (χ4n) is 1.41. The number of hydrogen-bond acceptors (Lipinski definition) is 1. The van der Waals surface area contributed by atoms with Crippen molar-refractivity contribution < 1.29 is 0 Å². The predicted molar refractivity (Wildman–Crippen MR) is 58.2 cm³/mol. The van der Waals surface area contributed by atoms with Gasteiger partial charge in [-0.3, -0.25) is 4.68 Å². The van der Waals surface area contributed by atoms with Gasteiger partial charge in [0.2, 0.25) is 0 Å². The zero-order valence-corrected chi connectivity index (χ0v) is 9.16. The van der Waals surface area contributed by atoms with Gasteiger partial charge in [-0.05, 0) is 47.7 Å². The molecule has 0 spiro atoms. The van der Waals surface area contributed by atoms with Crippen LogP contribution in [0.2, 0.25) is 0 Å². The van der Waals surface area contributed by atoms with E-state index in [0.29, 0.717) is 0 Å². The summed E-state index contributed by atoms with van der Waals surface area (Å²) in [6.07, 6.45) is 0. The van der Waals surface area contributed by atoms with E-state index in [-0.39, 0.29) is 0 Å². The third kappa shape index (κ3) is 1.12. The molecule has 62 valence electrons. The largest absolute Gasteiger partial charge is 0.268 e. The van der Waals surface area contributed by atoms with Crippen molar-refractivity contribution in [2.45, 2.75) is 6.92 Å². The third-order valence-corrected chi connectivity index (χ3v) is 2.67. The lowest BCUT2D eigenvalue weighted by atomic mass is 10.2. The maximum Gasteiger partial charge on any atom is 0.0692 e. The SMILES string of the molecule is Cc1nn(C)c2cc(I)ccc12. The summed E-state index contributed by atoms with van der Waals surface area (Å²) in [4.78, 5) is 0. The molecule has 0 N–H and O–H groups in total. The molecule has 0 aliphatic carbocycles. The first kappa shape index (κ1) is 8.04. The topological polar surface area (TPSA) is 17.8 Å². The van der Waals surface area contributed by atoms with Crippen LogP contribution in [0.1, 0.15) is 5.69 Å². The van der Waals surface area contributed by atoms with Crippen LogP contribution in [0.25, 0.3) is 10.9 Å². The summed E-state index contributed by atoms with van der Waals surface area (Å²) in [5.41, 5.74) is 2.31. The maximum absolute atomic E-state index is 4.34. The zero-order chi connectivity index (χ0) is 8.72. The van der Waals surface area contributed by atoms with Crippen LogP contribution in [0.15, 0.2) is 18.2 Å². The van der Waals surface area contributed by atoms with Gasteiger partial charge in [-0.1, -0.05) is 0 Å². The standard InChI is InChI=1S/C9H9IN2/c1-6-8-4-3-7(10)5-9(8)12(2)11-6/h3-5H,1-2H3. The van der Waals surface area contributed by atoms with Gasteiger partial charge < -0.3 is 0 Å². The van der Waals surface area contributed by atoms with Crippen molar-refractivity contribution in [2.75, 3.05) is 0 Å². The van der Waals surface area contributed by atoms with Gasteiger partial charge in [0.05, 0.1) is 11.2 Å². The minimum Gasteiger partial charge on any atom is -0.268 e. The Hall–Kier alpha value is -0.580. The van der Waals surface area contributed by atoms with Crippen LogP contribution in [0.4, 0.5) is 0 Å². The van der Waals surface area contributed by atoms with Crippen molar-refractivity contribution >= 4 is 33.5 Å². The first-order chi connectivity index (χ1) is 5.68. The highest BCUT2D eigenvalue weighted by molar-refractivity contribution is 14.1. The lowest BCUT2D eigenvalue weighted by molar-refractivity contribution is 0.783. The van der Waals surface area contributed by atoms with E-state index < -0.39 is 0 Å². The van der Waals surface area contributed by atoms with E-state index >= 15 is 0 Å². The predicted octanol–water partition coefficient (Wildman–Crippen LogP) is 2.49. The van der Waals surface area contributed by atoms with Gasteiger partial charge in [0.1, 0.15) is 0 Å². The molecule has 0 unspecified atom stereocenters. The van der Waals surface area contributed by atoms with Gasteiger partial charge in [-0.15, -0.1) is 0 Å². The lowest BCUT2D eigenvalue weighted by Gasteiger charge is -1.93. The highest BCUT2D eigenvalue weighted by Crippen LogP contribution is 2.19. The van der Waals surface area contributed by atoms with Crippen LogP contribution >= 0.6 is 22.6 Å². The van der Waals surface area contributed by atoms with E-state index in [4.69, 9.17) is 0 Å². The Morgan fingerprint density at radius 3 is 2.92 bits per heavy atom. The number of aryl methyl sites for hydroxylation is 2. The van der Waals surface area contributed by atoms with E-state index in [0.717, 1.165) is 5.69 Å². The van der Waals surface area contributed by atoms with Crippen molar-refractivity contribution in [3.05, 3.63) is 27.5 Å². The van der Waals surface area contributed by atoms with Gasteiger partial charge in [0.25, 0.3) is 0 Å². The van der Waals surface area contributed by atoms with Gasteiger partial charge in [-0.2, -0.15) is 5.10 Å². The molecule has 2 rings (SSSR count). The Bertz CT molecular complexity index is 431. The van der Waals surface area contributed by atoms with Crippen molar-refractivity contribution in [2.24, 2.45) is 7.05 Å². The van der Waals surface area contributed by atoms with Crippen LogP contribution in [-0.4, -0.2) is 9.78 Å². The normalized spacial score (nSPS) is 10.9. The number of benzene rings is 1. The molecule has 0 saturated carbocycles. The fourth-order valence-corrected chi connectivity index (χ4v) is 1.89. The second kappa shape index (κ2) is 2.73. The van der Waals surface area contributed by atoms with Crippen molar-refractivity contribution in [3.8, 4) is 0 Å². The summed E-state index contributed by atoms with van der Waals surface area (Å²) in [5.74, 6) is 0. The number of nitrogens with zero attached hydrogens (tertiary/aromatic N) is 2. The second-order valence-corrected chi connectivity index (χ2v) is 4.12. The van der Waals surface area contributed by atoms with Crippen molar-refractivity contribution in [3.63, 3.8) is 0 Å². The van der Waals surface area contributed by atoms with E-state index in [1.165, 1.54) is 14.5 Å². The molecule has 0 amide bonds. The molecule has 1 heterocycles. The van der Waals surface area contributed by atoms with Gasteiger partial charge in [0, 0.05) is 16.0 Å². The van der Waals surface area contributed by atoms with Crippen LogP contribution in [-0.2, 0) is 7.05 Å². The number of rotatable bonds is 0. The molecule has 0 bridgehead atoms. The number of fused-ring (bicyclic) bond motifs is 1. The third-order valence-electron chi connectivity index (χ3n) is 2.00. The average molecular weight is 272 g/mol. The Morgan fingerprint density at radius 1 is 1.42 bits per heavy atom. The highest BCUT2D eigenvalue weighted by atomic mass is 127. The minimum atomic E-state index is 1.10. The van der Waals surface area contributed by atoms with Crippen LogP contribution in [0, 0.1) is 10.5 Å². The molecule has 2 nitrogen and oxygen atoms in total. The highest BCUT2D eigenvalue weighted by Gasteiger charge is 2.03. The molecule has 2 aromatic rings. The van der Waals surface area contributed by atoms with Crippen LogP contribution < -0.4 is 0 Å². The van der Waals surface area contributed by atoms with Crippen molar-refractivity contribution in [1.82, 2.24) is 9.78 Å². The summed E-state index contributed by atoms with van der Waals surface area (Å²) < 4.78 is 3.18. The summed E-state index contributed by atoms with van der Waals surface area (Å²) in [6, 6.07) is 6.38. The molecule has 3 heteroatoms. The van der Waals surface area contributed by atoms with E-state index in [1.54, 1.807) is 0 Å². The van der Waals surface area contributed by atoms with Crippen LogP contribution in [0.3, 0.4) is 0 Å². The van der Waals surface area contributed by atoms with E-state index in [2.05, 4.69) is 45.9 Å². The molecule has 1 aromatic carbocycles. The monoisotopic (exact) mass is 272 g/mol. The first-order valence-electron chi connectivity index (χ1n) is 3.77. The molecule has 0 aliphatic heterocycles. The first-order valence-corrected chi connectivity index (χ1v) is 4.85. The molecular weight excluding hydrogens is 263 g/mol. The second-order valence-electron chi connectivity index (χ2n) is 2.87. The molecule has 0 aliphatic rings. The molecule has 0 saturated heterocycles. The number of hydrogen-bond donors (Lipinski definition) is 0. The van der Waals surface area contributed by atoms with Crippen molar-refractivity contribution in [1.29, 1.82) is 0 Å². The average Bonchev–Trinajstić information content (AvgIpc) is 2.28. The van der Waals surface area contributed by atoms with E-state index in [1.807, 2.05) is 18.7 Å². The summed E-state index contributed by atoms with van der Waals surface area (Å²) in [7, 11) is 1.98. The van der Waals surface area contributed by atoms with Gasteiger partial charge in [0.15, 0.2) is 0 Å². The molecule has 0 fully saturated rings. The maximum atomic E-state index is 4.34. The fraction of sp³-hybridized carbons (Fsp3) is 0.222. The number of halogens is 1. The minimum absolute atomic E-state index is 1.10. The van der Waals surface area contributed by atoms with Crippen LogP contribution in [0.5, 0.6) is 0 Å². The van der Waals surface area contributed by atoms with E-state index in [9.17, 15) is 0 Å². The molecule has 12 heavy (non-hydrogen) atoms. The molecule has 0 radical (unpaired) electrons. The Morgan fingerprint density at radius 2 is 2.17 bits per heavy atom. The quantitative estimate of drug-likeness (QED) is 0.674. The summed E-state index contributed by atoms with van der Waals surface area (Å²) in [5, 5.41) is 5.59. The van der Waals surface area contributed by atoms with Gasteiger partial charge >= 0.3 is 0 Å². The molecular formula is C9H9IN2. The zero-order valence-electron chi connectivity index (χ0n) is 7.00. The molecule has 0 atom stereocenters. The Labute approximate surface area is 84.7 Å².